The molecule has 14 nitrogen and oxygen atoms in total. The molecule has 0 radical (unpaired) electrons. The highest BCUT2D eigenvalue weighted by Gasteiger charge is 2.36. The zero-order valence-corrected chi connectivity index (χ0v) is 30.3. The Balaban J connectivity index is 1.20. The normalized spacial score (nSPS) is 18.2. The topological polar surface area (TPSA) is 182 Å². The maximum absolute atomic E-state index is 15.7. The number of hydrogen-bond acceptors (Lipinski definition) is 10. The number of tetrazole rings is 1. The van der Waals surface area contributed by atoms with E-state index < -0.39 is 35.4 Å². The predicted molar refractivity (Wildman–Crippen MR) is 196 cm³/mol. The van der Waals surface area contributed by atoms with Crippen LogP contribution in [0, 0.1) is 17.7 Å². The Kier molecular flexibility index (Phi) is 11.6. The lowest BCUT2D eigenvalue weighted by Gasteiger charge is -2.36. The molecule has 53 heavy (non-hydrogen) atoms. The molecular weight excluding hydrogens is 681 g/mol. The van der Waals surface area contributed by atoms with E-state index in [1.807, 2.05) is 32.9 Å². The second-order valence-corrected chi connectivity index (χ2v) is 14.5. The van der Waals surface area contributed by atoms with Gasteiger partial charge in [-0.15, -0.1) is 10.2 Å². The Bertz CT molecular complexity index is 1850. The first kappa shape index (κ1) is 37.3. The molecule has 2 aromatic heterocycles. The molecule has 3 amide bonds. The van der Waals surface area contributed by atoms with Gasteiger partial charge in [0, 0.05) is 60.5 Å². The quantitative estimate of drug-likeness (QED) is 0.197. The molecule has 4 N–H and O–H groups in total. The largest absolute Gasteiger partial charge is 0.444 e. The molecule has 4 aromatic rings. The number of pyridine rings is 1. The first-order valence-corrected chi connectivity index (χ1v) is 18.0. The van der Waals surface area contributed by atoms with Crippen LogP contribution in [0.1, 0.15) is 52.0 Å². The number of nitrogens with zero attached hydrogens (tertiary/aromatic N) is 6. The number of rotatable bonds is 11. The number of primary amides is 1. The van der Waals surface area contributed by atoms with E-state index in [9.17, 15) is 14.4 Å². The van der Waals surface area contributed by atoms with E-state index in [-0.39, 0.29) is 18.2 Å². The standard InChI is InChI=1S/C38H46FN9O5/c1-38(2,3)53-37(51)42-22-24-4-7-27(8-5-24)36(50)48(29-12-9-26(10-13-29)35-43-45-46-44-35)32(34(40)49)21-25-6-14-30(31(39)20-25)28-11-15-33(41-23-28)47-16-18-52-19-17-47/h6,9-15,20,23-24,27,32H,4-5,7-8,16-19,21-22H2,1-3H3,(H2,40,49)(H,42,51)(H,43,44,45,46)/t24?,27?,32-/m0/s1. The van der Waals surface area contributed by atoms with E-state index in [1.54, 1.807) is 42.6 Å². The highest BCUT2D eigenvalue weighted by Crippen LogP contribution is 2.34. The van der Waals surface area contributed by atoms with E-state index in [0.717, 1.165) is 18.9 Å². The van der Waals surface area contributed by atoms with Crippen LogP contribution in [0.5, 0.6) is 0 Å². The van der Waals surface area contributed by atoms with Crippen LogP contribution in [-0.2, 0) is 25.5 Å². The van der Waals surface area contributed by atoms with Gasteiger partial charge >= 0.3 is 6.09 Å². The van der Waals surface area contributed by atoms with Crippen LogP contribution in [0.3, 0.4) is 0 Å². The van der Waals surface area contributed by atoms with Gasteiger partial charge in [-0.2, -0.15) is 5.21 Å². The maximum atomic E-state index is 15.7. The number of carbonyl (C=O) groups excluding carboxylic acids is 3. The summed E-state index contributed by atoms with van der Waals surface area (Å²) in [7, 11) is 0. The van der Waals surface area contributed by atoms with Gasteiger partial charge in [-0.25, -0.2) is 14.2 Å². The number of amides is 3. The van der Waals surface area contributed by atoms with Crippen molar-refractivity contribution in [1.29, 1.82) is 0 Å². The number of aromatic nitrogens is 5. The molecule has 1 saturated heterocycles. The fraction of sp³-hybridized carbons (Fsp3) is 0.447. The van der Waals surface area contributed by atoms with Crippen molar-refractivity contribution in [2.24, 2.45) is 17.6 Å². The van der Waals surface area contributed by atoms with E-state index in [4.69, 9.17) is 15.2 Å². The second-order valence-electron chi connectivity index (χ2n) is 14.5. The van der Waals surface area contributed by atoms with Crippen molar-refractivity contribution in [3.05, 3.63) is 72.2 Å². The first-order valence-electron chi connectivity index (χ1n) is 18.0. The number of ether oxygens (including phenoxy) is 2. The van der Waals surface area contributed by atoms with Crippen LogP contribution in [0.25, 0.3) is 22.5 Å². The third-order valence-corrected chi connectivity index (χ3v) is 9.61. The van der Waals surface area contributed by atoms with Gasteiger partial charge < -0.3 is 25.4 Å². The SMILES string of the molecule is CC(C)(C)OC(=O)NCC1CCC(C(=O)N(c2ccc(-c3nn[nH]n3)cc2)[C@@H](Cc2ccc(-c3ccc(N4CCOCC4)nc3)c(F)c2)C(N)=O)CC1. The minimum Gasteiger partial charge on any atom is -0.444 e. The first-order chi connectivity index (χ1) is 25.4. The van der Waals surface area contributed by atoms with Gasteiger partial charge in [0.2, 0.25) is 17.6 Å². The van der Waals surface area contributed by atoms with Crippen LogP contribution < -0.4 is 20.9 Å². The Morgan fingerprint density at radius 2 is 1.75 bits per heavy atom. The van der Waals surface area contributed by atoms with Crippen molar-refractivity contribution in [2.45, 2.75) is 64.5 Å². The number of benzene rings is 2. The van der Waals surface area contributed by atoms with E-state index in [1.165, 1.54) is 11.0 Å². The monoisotopic (exact) mass is 727 g/mol. The molecule has 280 valence electrons. The number of anilines is 2. The lowest BCUT2D eigenvalue weighted by atomic mass is 9.81. The van der Waals surface area contributed by atoms with Crippen molar-refractivity contribution < 1.29 is 28.2 Å². The summed E-state index contributed by atoms with van der Waals surface area (Å²) >= 11 is 0. The minimum atomic E-state index is -1.11. The van der Waals surface area contributed by atoms with E-state index >= 15 is 4.39 Å². The number of carbonyl (C=O) groups is 3. The molecule has 0 bridgehead atoms. The number of alkyl carbamates (subject to hydrolysis) is 1. The van der Waals surface area contributed by atoms with Crippen molar-refractivity contribution in [2.75, 3.05) is 42.6 Å². The predicted octanol–water partition coefficient (Wildman–Crippen LogP) is 4.67. The molecule has 15 heteroatoms. The molecule has 1 aliphatic carbocycles. The Labute approximate surface area is 307 Å². The summed E-state index contributed by atoms with van der Waals surface area (Å²) in [5, 5.41) is 16.9. The number of aromatic amines is 1. The van der Waals surface area contributed by atoms with Gasteiger partial charge in [0.15, 0.2) is 0 Å². The number of nitrogens with two attached hydrogens (primary N) is 1. The van der Waals surface area contributed by atoms with Gasteiger partial charge in [-0.1, -0.05) is 12.1 Å². The van der Waals surface area contributed by atoms with Gasteiger partial charge in [-0.3, -0.25) is 14.5 Å². The lowest BCUT2D eigenvalue weighted by Crippen LogP contribution is -2.52. The second kappa shape index (κ2) is 16.5. The molecule has 2 aliphatic rings. The third-order valence-electron chi connectivity index (χ3n) is 9.61. The van der Waals surface area contributed by atoms with Crippen LogP contribution in [0.4, 0.5) is 20.7 Å². The third kappa shape index (κ3) is 9.52. The van der Waals surface area contributed by atoms with Crippen LogP contribution >= 0.6 is 0 Å². The molecule has 1 atom stereocenters. The Morgan fingerprint density at radius 3 is 2.36 bits per heavy atom. The molecule has 2 aromatic carbocycles. The number of morpholine rings is 1. The van der Waals surface area contributed by atoms with Gasteiger partial charge in [-0.05, 0) is 106 Å². The molecule has 1 aliphatic heterocycles. The summed E-state index contributed by atoms with van der Waals surface area (Å²) in [5.74, 6) is -0.481. The number of hydrogen-bond donors (Lipinski definition) is 3. The number of halogens is 1. The average molecular weight is 728 g/mol. The van der Waals surface area contributed by atoms with Crippen LogP contribution in [0.15, 0.2) is 60.8 Å². The Morgan fingerprint density at radius 1 is 1.04 bits per heavy atom. The summed E-state index contributed by atoms with van der Waals surface area (Å²) < 4.78 is 26.5. The molecule has 1 saturated carbocycles. The molecule has 3 heterocycles. The van der Waals surface area contributed by atoms with Crippen LogP contribution in [0.2, 0.25) is 0 Å². The molecule has 2 fully saturated rings. The van der Waals surface area contributed by atoms with Crippen molar-refractivity contribution >= 4 is 29.4 Å². The zero-order chi connectivity index (χ0) is 37.5. The lowest BCUT2D eigenvalue weighted by molar-refractivity contribution is -0.127. The van der Waals surface area contributed by atoms with E-state index in [0.29, 0.717) is 79.2 Å². The molecule has 6 rings (SSSR count). The number of H-pyrrole nitrogens is 1. The number of nitrogens with one attached hydrogen (secondary N) is 2. The summed E-state index contributed by atoms with van der Waals surface area (Å²) in [6.07, 6.45) is 3.69. The van der Waals surface area contributed by atoms with Gasteiger partial charge in [0.05, 0.1) is 13.2 Å². The van der Waals surface area contributed by atoms with E-state index in [2.05, 4.69) is 35.8 Å². The highest BCUT2D eigenvalue weighted by atomic mass is 19.1. The van der Waals surface area contributed by atoms with Crippen LogP contribution in [-0.4, -0.2) is 88.0 Å². The van der Waals surface area contributed by atoms with Crippen molar-refractivity contribution in [3.8, 4) is 22.5 Å². The smallest absolute Gasteiger partial charge is 0.407 e. The summed E-state index contributed by atoms with van der Waals surface area (Å²) in [5.41, 5.74) is 8.05. The van der Waals surface area contributed by atoms with Crippen molar-refractivity contribution in [3.63, 3.8) is 0 Å². The zero-order valence-electron chi connectivity index (χ0n) is 30.3. The fourth-order valence-corrected chi connectivity index (χ4v) is 6.86. The molecule has 0 spiro atoms. The van der Waals surface area contributed by atoms with Gasteiger partial charge in [0.25, 0.3) is 0 Å². The Hall–Kier alpha value is -5.44. The highest BCUT2D eigenvalue weighted by molar-refractivity contribution is 6.01. The average Bonchev–Trinajstić information content (AvgIpc) is 3.69. The van der Waals surface area contributed by atoms with Crippen molar-refractivity contribution in [1.82, 2.24) is 30.9 Å². The summed E-state index contributed by atoms with van der Waals surface area (Å²) in [6, 6.07) is 14.3. The summed E-state index contributed by atoms with van der Waals surface area (Å²) in [6.45, 7) is 8.63. The molecular formula is C38H46FN9O5. The maximum Gasteiger partial charge on any atom is 0.407 e. The summed E-state index contributed by atoms with van der Waals surface area (Å²) in [4.78, 5) is 48.0. The molecule has 0 unspecified atom stereocenters. The minimum absolute atomic E-state index is 0.00572. The fourth-order valence-electron chi connectivity index (χ4n) is 6.86. The van der Waals surface area contributed by atoms with Gasteiger partial charge in [0.1, 0.15) is 23.3 Å².